The molecule has 1 atom stereocenters. The third-order valence-corrected chi connectivity index (χ3v) is 3.99. The summed E-state index contributed by atoms with van der Waals surface area (Å²) in [6.45, 7) is 2.01. The molecule has 0 aromatic carbocycles. The van der Waals surface area contributed by atoms with Crippen molar-refractivity contribution in [2.45, 2.75) is 44.3 Å². The van der Waals surface area contributed by atoms with Gasteiger partial charge in [0.05, 0.1) is 12.0 Å². The van der Waals surface area contributed by atoms with Gasteiger partial charge in [0.25, 0.3) is 0 Å². The van der Waals surface area contributed by atoms with Crippen LogP contribution in [0, 0.1) is 17.2 Å². The SMILES string of the molecule is CC(C#N)CSC1CCCCC1. The first kappa shape index (κ1) is 9.92. The van der Waals surface area contributed by atoms with Gasteiger partial charge in [-0.25, -0.2) is 0 Å². The lowest BCUT2D eigenvalue weighted by atomic mass is 10.0. The second kappa shape index (κ2) is 5.48. The minimum absolute atomic E-state index is 0.233. The molecule has 0 aromatic rings. The van der Waals surface area contributed by atoms with E-state index in [4.69, 9.17) is 5.26 Å². The molecule has 1 unspecified atom stereocenters. The zero-order chi connectivity index (χ0) is 8.81. The van der Waals surface area contributed by atoms with E-state index in [2.05, 4.69) is 6.07 Å². The zero-order valence-electron chi connectivity index (χ0n) is 7.75. The highest BCUT2D eigenvalue weighted by Crippen LogP contribution is 2.29. The van der Waals surface area contributed by atoms with Crippen LogP contribution in [0.2, 0.25) is 0 Å². The van der Waals surface area contributed by atoms with Crippen molar-refractivity contribution in [3.63, 3.8) is 0 Å². The van der Waals surface area contributed by atoms with Gasteiger partial charge >= 0.3 is 0 Å². The minimum atomic E-state index is 0.233. The summed E-state index contributed by atoms with van der Waals surface area (Å²) in [5.41, 5.74) is 0. The highest BCUT2D eigenvalue weighted by molar-refractivity contribution is 7.99. The van der Waals surface area contributed by atoms with Crippen molar-refractivity contribution >= 4 is 11.8 Å². The monoisotopic (exact) mass is 183 g/mol. The third kappa shape index (κ3) is 3.49. The number of nitriles is 1. The predicted molar refractivity (Wildman–Crippen MR) is 54.1 cm³/mol. The van der Waals surface area contributed by atoms with Crippen LogP contribution in [0.4, 0.5) is 0 Å². The normalized spacial score (nSPS) is 21.7. The standard InChI is InChI=1S/C10H17NS/c1-9(7-11)8-12-10-5-3-2-4-6-10/h9-10H,2-6,8H2,1H3. The van der Waals surface area contributed by atoms with E-state index in [1.54, 1.807) is 0 Å². The molecular weight excluding hydrogens is 166 g/mol. The molecule has 12 heavy (non-hydrogen) atoms. The molecule has 0 saturated heterocycles. The van der Waals surface area contributed by atoms with Gasteiger partial charge in [0.1, 0.15) is 0 Å². The van der Waals surface area contributed by atoms with Gasteiger partial charge in [-0.1, -0.05) is 19.3 Å². The average molecular weight is 183 g/mol. The molecule has 68 valence electrons. The topological polar surface area (TPSA) is 23.8 Å². The summed E-state index contributed by atoms with van der Waals surface area (Å²) in [5, 5.41) is 9.46. The molecule has 0 bridgehead atoms. The molecular formula is C10H17NS. The van der Waals surface area contributed by atoms with Crippen LogP contribution < -0.4 is 0 Å². The summed E-state index contributed by atoms with van der Waals surface area (Å²) in [7, 11) is 0. The van der Waals surface area contributed by atoms with Crippen LogP contribution in [0.1, 0.15) is 39.0 Å². The van der Waals surface area contributed by atoms with E-state index in [0.29, 0.717) is 0 Å². The van der Waals surface area contributed by atoms with E-state index in [1.165, 1.54) is 32.1 Å². The summed E-state index contributed by atoms with van der Waals surface area (Å²) < 4.78 is 0. The molecule has 1 rings (SSSR count). The molecule has 1 fully saturated rings. The quantitative estimate of drug-likeness (QED) is 0.671. The van der Waals surface area contributed by atoms with Crippen molar-refractivity contribution in [1.29, 1.82) is 5.26 Å². The number of hydrogen-bond donors (Lipinski definition) is 0. The highest BCUT2D eigenvalue weighted by atomic mass is 32.2. The van der Waals surface area contributed by atoms with Gasteiger partial charge in [-0.2, -0.15) is 17.0 Å². The molecule has 1 aliphatic carbocycles. The fourth-order valence-electron chi connectivity index (χ4n) is 1.55. The van der Waals surface area contributed by atoms with Crippen molar-refractivity contribution in [3.8, 4) is 6.07 Å². The molecule has 0 radical (unpaired) electrons. The van der Waals surface area contributed by atoms with Gasteiger partial charge in [0, 0.05) is 11.0 Å². The van der Waals surface area contributed by atoms with E-state index in [1.807, 2.05) is 18.7 Å². The lowest BCUT2D eigenvalue weighted by Gasteiger charge is -2.21. The summed E-state index contributed by atoms with van der Waals surface area (Å²) in [4.78, 5) is 0. The van der Waals surface area contributed by atoms with Crippen LogP contribution in [0.25, 0.3) is 0 Å². The Balaban J connectivity index is 2.10. The van der Waals surface area contributed by atoms with E-state index in [9.17, 15) is 0 Å². The maximum Gasteiger partial charge on any atom is 0.0661 e. The summed E-state index contributed by atoms with van der Waals surface area (Å²) in [6.07, 6.45) is 6.98. The molecule has 0 heterocycles. The number of thioether (sulfide) groups is 1. The predicted octanol–water partition coefficient (Wildman–Crippen LogP) is 3.21. The summed E-state index contributed by atoms with van der Waals surface area (Å²) in [5.74, 6) is 1.26. The Kier molecular flexibility index (Phi) is 4.53. The molecule has 0 spiro atoms. The molecule has 0 amide bonds. The van der Waals surface area contributed by atoms with E-state index in [0.717, 1.165) is 11.0 Å². The first-order chi connectivity index (χ1) is 5.83. The van der Waals surface area contributed by atoms with Crippen LogP contribution in [0.15, 0.2) is 0 Å². The van der Waals surface area contributed by atoms with Gasteiger partial charge < -0.3 is 0 Å². The summed E-state index contributed by atoms with van der Waals surface area (Å²) in [6, 6.07) is 2.28. The maximum absolute atomic E-state index is 8.60. The average Bonchev–Trinajstić information content (AvgIpc) is 2.16. The number of hydrogen-bond acceptors (Lipinski definition) is 2. The van der Waals surface area contributed by atoms with Gasteiger partial charge in [-0.15, -0.1) is 0 Å². The second-order valence-electron chi connectivity index (χ2n) is 3.62. The second-order valence-corrected chi connectivity index (χ2v) is 4.96. The minimum Gasteiger partial charge on any atom is -0.198 e. The van der Waals surface area contributed by atoms with E-state index < -0.39 is 0 Å². The van der Waals surface area contributed by atoms with Crippen LogP contribution in [0.3, 0.4) is 0 Å². The third-order valence-electron chi connectivity index (χ3n) is 2.35. The molecule has 1 nitrogen and oxygen atoms in total. The smallest absolute Gasteiger partial charge is 0.0661 e. The molecule has 0 aliphatic heterocycles. The van der Waals surface area contributed by atoms with Crippen LogP contribution in [-0.4, -0.2) is 11.0 Å². The first-order valence-corrected chi connectivity index (χ1v) is 5.89. The summed E-state index contributed by atoms with van der Waals surface area (Å²) >= 11 is 2.01. The largest absolute Gasteiger partial charge is 0.198 e. The molecule has 1 saturated carbocycles. The van der Waals surface area contributed by atoms with E-state index >= 15 is 0 Å². The number of nitrogens with zero attached hydrogens (tertiary/aromatic N) is 1. The van der Waals surface area contributed by atoms with Gasteiger partial charge in [-0.3, -0.25) is 0 Å². The van der Waals surface area contributed by atoms with Crippen LogP contribution in [0.5, 0.6) is 0 Å². The van der Waals surface area contributed by atoms with Crippen molar-refractivity contribution in [2.24, 2.45) is 5.92 Å². The Labute approximate surface area is 79.5 Å². The molecule has 0 N–H and O–H groups in total. The molecule has 0 aromatic heterocycles. The fraction of sp³-hybridized carbons (Fsp3) is 0.900. The highest BCUT2D eigenvalue weighted by Gasteiger charge is 2.14. The van der Waals surface area contributed by atoms with Gasteiger partial charge in [0.2, 0.25) is 0 Å². The Morgan fingerprint density at radius 3 is 2.67 bits per heavy atom. The van der Waals surface area contributed by atoms with E-state index in [-0.39, 0.29) is 5.92 Å². The van der Waals surface area contributed by atoms with Crippen molar-refractivity contribution < 1.29 is 0 Å². The fourth-order valence-corrected chi connectivity index (χ4v) is 2.85. The molecule has 2 heteroatoms. The first-order valence-electron chi connectivity index (χ1n) is 4.84. The maximum atomic E-state index is 8.60. The Bertz CT molecular complexity index is 156. The van der Waals surface area contributed by atoms with Crippen LogP contribution in [-0.2, 0) is 0 Å². The van der Waals surface area contributed by atoms with Crippen molar-refractivity contribution in [3.05, 3.63) is 0 Å². The Morgan fingerprint density at radius 2 is 2.08 bits per heavy atom. The zero-order valence-corrected chi connectivity index (χ0v) is 8.57. The van der Waals surface area contributed by atoms with Crippen LogP contribution >= 0.6 is 11.8 Å². The van der Waals surface area contributed by atoms with Crippen molar-refractivity contribution in [2.75, 3.05) is 5.75 Å². The van der Waals surface area contributed by atoms with Crippen molar-refractivity contribution in [1.82, 2.24) is 0 Å². The molecule has 1 aliphatic rings. The Hall–Kier alpha value is -0.160. The Morgan fingerprint density at radius 1 is 1.42 bits per heavy atom. The lowest BCUT2D eigenvalue weighted by Crippen LogP contribution is -2.10. The van der Waals surface area contributed by atoms with Gasteiger partial charge in [-0.05, 0) is 19.8 Å². The number of rotatable bonds is 3. The lowest BCUT2D eigenvalue weighted by molar-refractivity contribution is 0.515. The van der Waals surface area contributed by atoms with Gasteiger partial charge in [0.15, 0.2) is 0 Å².